The zero-order valence-electron chi connectivity index (χ0n) is 8.29. The van der Waals surface area contributed by atoms with Gasteiger partial charge < -0.3 is 15.2 Å². The third-order valence-electron chi connectivity index (χ3n) is 1.94. The van der Waals surface area contributed by atoms with E-state index in [1.807, 2.05) is 0 Å². The Hall–Kier alpha value is -0.770. The standard InChI is InChI=1S/C10H14ClNO2/c1-13-6-9(12)8-5-7(11)3-4-10(8)14-2/h3-5,9H,6,12H2,1-2H3. The topological polar surface area (TPSA) is 44.5 Å². The fourth-order valence-corrected chi connectivity index (χ4v) is 1.44. The largest absolute Gasteiger partial charge is 0.496 e. The van der Waals surface area contributed by atoms with Crippen LogP contribution in [-0.4, -0.2) is 20.8 Å². The van der Waals surface area contributed by atoms with Gasteiger partial charge in [0, 0.05) is 17.7 Å². The van der Waals surface area contributed by atoms with Gasteiger partial charge >= 0.3 is 0 Å². The summed E-state index contributed by atoms with van der Waals surface area (Å²) in [6, 6.07) is 5.15. The van der Waals surface area contributed by atoms with Gasteiger partial charge in [-0.2, -0.15) is 0 Å². The van der Waals surface area contributed by atoms with E-state index in [2.05, 4.69) is 0 Å². The average molecular weight is 216 g/mol. The second kappa shape index (κ2) is 5.20. The minimum Gasteiger partial charge on any atom is -0.496 e. The average Bonchev–Trinajstić information content (AvgIpc) is 2.18. The summed E-state index contributed by atoms with van der Waals surface area (Å²) in [5.74, 6) is 0.735. The van der Waals surface area contributed by atoms with E-state index < -0.39 is 0 Å². The maximum absolute atomic E-state index is 5.89. The van der Waals surface area contributed by atoms with E-state index in [0.29, 0.717) is 11.6 Å². The van der Waals surface area contributed by atoms with Crippen molar-refractivity contribution in [3.05, 3.63) is 28.8 Å². The van der Waals surface area contributed by atoms with Crippen LogP contribution < -0.4 is 10.5 Å². The smallest absolute Gasteiger partial charge is 0.123 e. The molecule has 0 heterocycles. The third kappa shape index (κ3) is 2.61. The first-order valence-electron chi connectivity index (χ1n) is 4.27. The maximum Gasteiger partial charge on any atom is 0.123 e. The molecule has 1 atom stereocenters. The Morgan fingerprint density at radius 3 is 2.71 bits per heavy atom. The lowest BCUT2D eigenvalue weighted by Gasteiger charge is -2.14. The number of methoxy groups -OCH3 is 2. The van der Waals surface area contributed by atoms with Crippen molar-refractivity contribution in [1.29, 1.82) is 0 Å². The van der Waals surface area contributed by atoms with Gasteiger partial charge in [0.15, 0.2) is 0 Å². The first-order valence-corrected chi connectivity index (χ1v) is 4.64. The van der Waals surface area contributed by atoms with Gasteiger partial charge in [-0.1, -0.05) is 11.6 Å². The van der Waals surface area contributed by atoms with Crippen LogP contribution >= 0.6 is 11.6 Å². The lowest BCUT2D eigenvalue weighted by molar-refractivity contribution is 0.179. The number of rotatable bonds is 4. The normalized spacial score (nSPS) is 12.6. The molecule has 0 bridgehead atoms. The second-order valence-corrected chi connectivity index (χ2v) is 3.38. The molecule has 0 radical (unpaired) electrons. The van der Waals surface area contributed by atoms with Crippen LogP contribution in [-0.2, 0) is 4.74 Å². The van der Waals surface area contributed by atoms with Crippen molar-refractivity contribution in [2.75, 3.05) is 20.8 Å². The summed E-state index contributed by atoms with van der Waals surface area (Å²) < 4.78 is 10.1. The molecule has 0 fully saturated rings. The quantitative estimate of drug-likeness (QED) is 0.836. The molecule has 0 amide bonds. The Morgan fingerprint density at radius 1 is 1.43 bits per heavy atom. The molecule has 0 aromatic heterocycles. The first kappa shape index (κ1) is 11.3. The van der Waals surface area contributed by atoms with Gasteiger partial charge in [-0.05, 0) is 18.2 Å². The molecular weight excluding hydrogens is 202 g/mol. The van der Waals surface area contributed by atoms with Crippen molar-refractivity contribution in [3.8, 4) is 5.75 Å². The highest BCUT2D eigenvalue weighted by molar-refractivity contribution is 6.30. The number of hydrogen-bond acceptors (Lipinski definition) is 3. The van der Waals surface area contributed by atoms with Crippen LogP contribution in [0.25, 0.3) is 0 Å². The van der Waals surface area contributed by atoms with Crippen LogP contribution in [0.3, 0.4) is 0 Å². The highest BCUT2D eigenvalue weighted by Gasteiger charge is 2.11. The molecule has 0 aliphatic carbocycles. The van der Waals surface area contributed by atoms with Crippen molar-refractivity contribution < 1.29 is 9.47 Å². The molecule has 1 aromatic rings. The van der Waals surface area contributed by atoms with E-state index >= 15 is 0 Å². The fraction of sp³-hybridized carbons (Fsp3) is 0.400. The predicted octanol–water partition coefficient (Wildman–Crippen LogP) is 1.99. The number of hydrogen-bond donors (Lipinski definition) is 1. The Morgan fingerprint density at radius 2 is 2.14 bits per heavy atom. The van der Waals surface area contributed by atoms with E-state index in [-0.39, 0.29) is 6.04 Å². The van der Waals surface area contributed by atoms with Crippen LogP contribution in [0.1, 0.15) is 11.6 Å². The molecule has 14 heavy (non-hydrogen) atoms. The number of halogens is 1. The Kier molecular flexibility index (Phi) is 4.20. The molecule has 1 rings (SSSR count). The maximum atomic E-state index is 5.89. The Bertz CT molecular complexity index is 304. The van der Waals surface area contributed by atoms with Crippen LogP contribution in [0, 0.1) is 0 Å². The van der Waals surface area contributed by atoms with Gasteiger partial charge in [0.1, 0.15) is 5.75 Å². The fourth-order valence-electron chi connectivity index (χ4n) is 1.26. The van der Waals surface area contributed by atoms with Gasteiger partial charge in [0.05, 0.1) is 19.8 Å². The van der Waals surface area contributed by atoms with Gasteiger partial charge in [-0.3, -0.25) is 0 Å². The predicted molar refractivity (Wildman–Crippen MR) is 56.8 cm³/mol. The monoisotopic (exact) mass is 215 g/mol. The zero-order chi connectivity index (χ0) is 10.6. The highest BCUT2D eigenvalue weighted by atomic mass is 35.5. The first-order chi connectivity index (χ1) is 6.69. The molecule has 1 unspecified atom stereocenters. The molecule has 0 aliphatic heterocycles. The van der Waals surface area contributed by atoms with Crippen LogP contribution in [0.2, 0.25) is 5.02 Å². The summed E-state index contributed by atoms with van der Waals surface area (Å²) in [6.45, 7) is 0.441. The van der Waals surface area contributed by atoms with E-state index in [0.717, 1.165) is 11.3 Å². The molecule has 0 aliphatic rings. The highest BCUT2D eigenvalue weighted by Crippen LogP contribution is 2.27. The molecule has 1 aromatic carbocycles. The summed E-state index contributed by atoms with van der Waals surface area (Å²) in [5.41, 5.74) is 6.75. The van der Waals surface area contributed by atoms with Gasteiger partial charge in [-0.25, -0.2) is 0 Å². The van der Waals surface area contributed by atoms with Crippen molar-refractivity contribution in [2.24, 2.45) is 5.73 Å². The van der Waals surface area contributed by atoms with Crippen molar-refractivity contribution in [3.63, 3.8) is 0 Å². The van der Waals surface area contributed by atoms with E-state index in [1.54, 1.807) is 32.4 Å². The number of nitrogens with two attached hydrogens (primary N) is 1. The lowest BCUT2D eigenvalue weighted by Crippen LogP contribution is -2.16. The zero-order valence-corrected chi connectivity index (χ0v) is 9.04. The SMILES string of the molecule is COCC(N)c1cc(Cl)ccc1OC. The molecule has 0 spiro atoms. The van der Waals surface area contributed by atoms with Crippen LogP contribution in [0.4, 0.5) is 0 Å². The summed E-state index contributed by atoms with van der Waals surface area (Å²) in [5, 5.41) is 0.646. The minimum atomic E-state index is -0.214. The Balaban J connectivity index is 2.97. The van der Waals surface area contributed by atoms with Crippen molar-refractivity contribution >= 4 is 11.6 Å². The van der Waals surface area contributed by atoms with Gasteiger partial charge in [-0.15, -0.1) is 0 Å². The number of benzene rings is 1. The summed E-state index contributed by atoms with van der Waals surface area (Å²) in [6.07, 6.45) is 0. The Labute approximate surface area is 88.8 Å². The lowest BCUT2D eigenvalue weighted by atomic mass is 10.1. The molecule has 4 heteroatoms. The molecule has 3 nitrogen and oxygen atoms in total. The van der Waals surface area contributed by atoms with Crippen LogP contribution in [0.5, 0.6) is 5.75 Å². The summed E-state index contributed by atoms with van der Waals surface area (Å²) >= 11 is 5.87. The van der Waals surface area contributed by atoms with E-state index in [4.69, 9.17) is 26.8 Å². The molecule has 2 N–H and O–H groups in total. The summed E-state index contributed by atoms with van der Waals surface area (Å²) in [4.78, 5) is 0. The molecular formula is C10H14ClNO2. The number of ether oxygens (including phenoxy) is 2. The molecule has 0 saturated heterocycles. The van der Waals surface area contributed by atoms with E-state index in [1.165, 1.54) is 0 Å². The third-order valence-corrected chi connectivity index (χ3v) is 2.17. The van der Waals surface area contributed by atoms with Crippen LogP contribution in [0.15, 0.2) is 18.2 Å². The molecule has 78 valence electrons. The minimum absolute atomic E-state index is 0.214. The molecule has 0 saturated carbocycles. The van der Waals surface area contributed by atoms with Crippen molar-refractivity contribution in [2.45, 2.75) is 6.04 Å². The van der Waals surface area contributed by atoms with Crippen molar-refractivity contribution in [1.82, 2.24) is 0 Å². The van der Waals surface area contributed by atoms with E-state index in [9.17, 15) is 0 Å². The van der Waals surface area contributed by atoms with Gasteiger partial charge in [0.2, 0.25) is 0 Å². The second-order valence-electron chi connectivity index (χ2n) is 2.95. The van der Waals surface area contributed by atoms with Gasteiger partial charge in [0.25, 0.3) is 0 Å². The summed E-state index contributed by atoms with van der Waals surface area (Å²) in [7, 11) is 3.21.